The number of benzene rings is 1. The fraction of sp³-hybridized carbons (Fsp3) is 0.357. The third kappa shape index (κ3) is 5.96. The van der Waals surface area contributed by atoms with Crippen molar-refractivity contribution in [2.45, 2.75) is 45.8 Å². The molecule has 38 heavy (non-hydrogen) atoms. The average molecular weight is 520 g/mol. The molecule has 0 aliphatic heterocycles. The van der Waals surface area contributed by atoms with Gasteiger partial charge in [0.2, 0.25) is 0 Å². The van der Waals surface area contributed by atoms with Gasteiger partial charge < -0.3 is 30.0 Å². The van der Waals surface area contributed by atoms with E-state index in [1.165, 1.54) is 0 Å². The smallest absolute Gasteiger partial charge is 0.407 e. The van der Waals surface area contributed by atoms with Crippen LogP contribution in [-0.4, -0.2) is 53.5 Å². The summed E-state index contributed by atoms with van der Waals surface area (Å²) in [7, 11) is 3.18. The summed E-state index contributed by atoms with van der Waals surface area (Å²) in [4.78, 5) is 25.6. The molecular formula is C28H33N5O5. The van der Waals surface area contributed by atoms with E-state index in [-0.39, 0.29) is 12.6 Å². The van der Waals surface area contributed by atoms with Gasteiger partial charge in [0, 0.05) is 34.8 Å². The minimum atomic E-state index is -0.575. The molecule has 3 heterocycles. The van der Waals surface area contributed by atoms with Gasteiger partial charge in [0.1, 0.15) is 23.8 Å². The highest BCUT2D eigenvalue weighted by Gasteiger charge is 2.19. The van der Waals surface area contributed by atoms with Gasteiger partial charge in [-0.05, 0) is 50.8 Å². The zero-order chi connectivity index (χ0) is 27.4. The van der Waals surface area contributed by atoms with Crippen LogP contribution in [0.5, 0.6) is 17.2 Å². The number of anilines is 1. The zero-order valence-corrected chi connectivity index (χ0v) is 22.5. The number of aromatic nitrogens is 3. The fourth-order valence-corrected chi connectivity index (χ4v) is 3.98. The van der Waals surface area contributed by atoms with Crippen LogP contribution in [0, 0.1) is 0 Å². The molecule has 1 amide bonds. The Morgan fingerprint density at radius 2 is 1.74 bits per heavy atom. The summed E-state index contributed by atoms with van der Waals surface area (Å²) in [6.07, 6.45) is 5.21. The molecule has 0 fully saturated rings. The van der Waals surface area contributed by atoms with Crippen molar-refractivity contribution in [3.63, 3.8) is 0 Å². The van der Waals surface area contributed by atoms with E-state index in [1.54, 1.807) is 32.8 Å². The maximum absolute atomic E-state index is 12.1. The van der Waals surface area contributed by atoms with Gasteiger partial charge in [-0.25, -0.2) is 9.78 Å². The monoisotopic (exact) mass is 519 g/mol. The van der Waals surface area contributed by atoms with Crippen LogP contribution in [-0.2, 0) is 4.74 Å². The Hall–Kier alpha value is -4.34. The second-order valence-electron chi connectivity index (χ2n) is 9.81. The Labute approximate surface area is 221 Å². The second-order valence-corrected chi connectivity index (χ2v) is 9.81. The number of hydrogen-bond donors (Lipinski definition) is 2. The molecule has 4 rings (SSSR count). The van der Waals surface area contributed by atoms with Crippen LogP contribution in [0.2, 0.25) is 0 Å². The molecule has 0 spiro atoms. The number of alkyl carbamates (subject to hydrolysis) is 1. The van der Waals surface area contributed by atoms with E-state index in [2.05, 4.69) is 20.3 Å². The van der Waals surface area contributed by atoms with Crippen LogP contribution in [0.4, 0.5) is 10.6 Å². The van der Waals surface area contributed by atoms with Gasteiger partial charge in [-0.1, -0.05) is 6.92 Å². The molecule has 0 saturated heterocycles. The molecule has 1 aromatic carbocycles. The number of nitrogens with one attached hydrogen (secondary N) is 1. The molecule has 0 bridgehead atoms. The Bertz CT molecular complexity index is 1470. The van der Waals surface area contributed by atoms with Crippen molar-refractivity contribution in [3.8, 4) is 28.5 Å². The van der Waals surface area contributed by atoms with E-state index < -0.39 is 11.7 Å². The Kier molecular flexibility index (Phi) is 7.70. The van der Waals surface area contributed by atoms with Gasteiger partial charge in [-0.2, -0.15) is 0 Å². The van der Waals surface area contributed by atoms with Crippen molar-refractivity contribution in [2.75, 3.05) is 26.6 Å². The van der Waals surface area contributed by atoms with Crippen LogP contribution in [0.1, 0.15) is 34.1 Å². The number of methoxy groups -OCH3 is 2. The molecule has 0 radical (unpaired) electrons. The van der Waals surface area contributed by atoms with Crippen molar-refractivity contribution in [1.29, 1.82) is 0 Å². The number of hydrogen-bond acceptors (Lipinski definition) is 9. The van der Waals surface area contributed by atoms with Crippen molar-refractivity contribution < 1.29 is 23.7 Å². The normalized spacial score (nSPS) is 12.3. The van der Waals surface area contributed by atoms with Gasteiger partial charge in [-0.3, -0.25) is 9.97 Å². The summed E-state index contributed by atoms with van der Waals surface area (Å²) in [6, 6.07) is 7.27. The number of carbonyl (C=O) groups is 1. The molecule has 4 aromatic rings. The largest absolute Gasteiger partial charge is 0.493 e. The number of amides is 1. The van der Waals surface area contributed by atoms with Crippen LogP contribution in [0.3, 0.4) is 0 Å². The quantitative estimate of drug-likeness (QED) is 0.304. The lowest BCUT2D eigenvalue weighted by atomic mass is 10.0. The van der Waals surface area contributed by atoms with E-state index >= 15 is 0 Å². The van der Waals surface area contributed by atoms with E-state index in [4.69, 9.17) is 24.7 Å². The molecule has 3 aromatic heterocycles. The number of nitrogen functional groups attached to an aromatic ring is 1. The summed E-state index contributed by atoms with van der Waals surface area (Å²) in [5, 5.41) is 5.30. The molecule has 0 saturated carbocycles. The molecular weight excluding hydrogens is 486 g/mol. The molecule has 10 heteroatoms. The first-order valence-electron chi connectivity index (χ1n) is 12.3. The van der Waals surface area contributed by atoms with E-state index in [0.29, 0.717) is 35.2 Å². The molecule has 0 aliphatic rings. The van der Waals surface area contributed by atoms with Gasteiger partial charge >= 0.3 is 6.09 Å². The average Bonchev–Trinajstić information content (AvgIpc) is 2.89. The third-order valence-electron chi connectivity index (χ3n) is 5.89. The standard InChI is InChI=1S/C28H33N5O5/c1-7-17(32-27(34)38-28(2,3)4)15-37-18-8-16(12-30-13-18)22-9-19-20-10-24(35-5)25(36-6)11-23(20)31-14-21(19)26(29)33-22/h8-14,17H,7,15H2,1-6H3,(H2,29,33)(H,32,34)/t17-/m0/s1. The van der Waals surface area contributed by atoms with E-state index in [1.807, 2.05) is 52.0 Å². The minimum absolute atomic E-state index is 0.228. The summed E-state index contributed by atoms with van der Waals surface area (Å²) in [5.41, 5.74) is 7.88. The number of pyridine rings is 3. The fourth-order valence-electron chi connectivity index (χ4n) is 3.98. The molecule has 0 unspecified atom stereocenters. The predicted octanol–water partition coefficient (Wildman–Crippen LogP) is 5.13. The SMILES string of the molecule is CC[C@@H](COc1cncc(-c2cc3c(cnc4cc(OC)c(OC)cc43)c(N)n2)c1)NC(=O)OC(C)(C)C. The van der Waals surface area contributed by atoms with Gasteiger partial charge in [0.05, 0.1) is 37.7 Å². The topological polar surface area (TPSA) is 131 Å². The van der Waals surface area contributed by atoms with Crippen molar-refractivity contribution in [1.82, 2.24) is 20.3 Å². The first-order chi connectivity index (χ1) is 18.1. The number of ether oxygens (including phenoxy) is 4. The highest BCUT2D eigenvalue weighted by molar-refractivity contribution is 6.10. The number of carbonyl (C=O) groups excluding carboxylic acids is 1. The van der Waals surface area contributed by atoms with Gasteiger partial charge in [0.25, 0.3) is 0 Å². The van der Waals surface area contributed by atoms with Crippen molar-refractivity contribution >= 4 is 33.6 Å². The number of fused-ring (bicyclic) bond motifs is 3. The highest BCUT2D eigenvalue weighted by atomic mass is 16.6. The van der Waals surface area contributed by atoms with E-state index in [0.717, 1.165) is 27.2 Å². The Morgan fingerprint density at radius 3 is 2.42 bits per heavy atom. The summed E-state index contributed by atoms with van der Waals surface area (Å²) >= 11 is 0. The zero-order valence-electron chi connectivity index (χ0n) is 22.5. The summed E-state index contributed by atoms with van der Waals surface area (Å²) in [6.45, 7) is 7.68. The van der Waals surface area contributed by atoms with Crippen molar-refractivity contribution in [2.24, 2.45) is 0 Å². The van der Waals surface area contributed by atoms with Gasteiger partial charge in [-0.15, -0.1) is 0 Å². The molecule has 0 aliphatic carbocycles. The number of nitrogens with two attached hydrogens (primary N) is 1. The Balaban J connectivity index is 1.62. The van der Waals surface area contributed by atoms with Crippen LogP contribution in [0.25, 0.3) is 32.9 Å². The lowest BCUT2D eigenvalue weighted by molar-refractivity contribution is 0.0486. The minimum Gasteiger partial charge on any atom is -0.493 e. The lowest BCUT2D eigenvalue weighted by Crippen LogP contribution is -2.41. The number of nitrogens with zero attached hydrogens (tertiary/aromatic N) is 3. The molecule has 1 atom stereocenters. The first-order valence-corrected chi connectivity index (χ1v) is 12.3. The lowest BCUT2D eigenvalue weighted by Gasteiger charge is -2.23. The van der Waals surface area contributed by atoms with E-state index in [9.17, 15) is 4.79 Å². The highest BCUT2D eigenvalue weighted by Crippen LogP contribution is 2.37. The van der Waals surface area contributed by atoms with Crippen molar-refractivity contribution in [3.05, 3.63) is 42.9 Å². The molecule has 10 nitrogen and oxygen atoms in total. The third-order valence-corrected chi connectivity index (χ3v) is 5.89. The summed E-state index contributed by atoms with van der Waals surface area (Å²) < 4.78 is 22.2. The van der Waals surface area contributed by atoms with Gasteiger partial charge in [0.15, 0.2) is 11.5 Å². The first kappa shape index (κ1) is 26.7. The molecule has 3 N–H and O–H groups in total. The van der Waals surface area contributed by atoms with Crippen LogP contribution < -0.4 is 25.3 Å². The summed E-state index contributed by atoms with van der Waals surface area (Å²) in [5.74, 6) is 2.07. The Morgan fingerprint density at radius 1 is 1.00 bits per heavy atom. The van der Waals surface area contributed by atoms with Crippen LogP contribution >= 0.6 is 0 Å². The number of rotatable bonds is 8. The predicted molar refractivity (Wildman–Crippen MR) is 147 cm³/mol. The molecule has 200 valence electrons. The van der Waals surface area contributed by atoms with Crippen LogP contribution in [0.15, 0.2) is 42.9 Å². The maximum atomic E-state index is 12.1. The second kappa shape index (κ2) is 11.0. The maximum Gasteiger partial charge on any atom is 0.407 e.